The summed E-state index contributed by atoms with van der Waals surface area (Å²) in [5, 5.41) is 3.19. The monoisotopic (exact) mass is 353 g/mol. The molecule has 7 heteroatoms. The van der Waals surface area contributed by atoms with Crippen LogP contribution in [0.5, 0.6) is 0 Å². The van der Waals surface area contributed by atoms with Crippen LogP contribution in [0.1, 0.15) is 37.8 Å². The summed E-state index contributed by atoms with van der Waals surface area (Å²) in [7, 11) is 0. The number of nitrogens with one attached hydrogen (secondary N) is 1. The van der Waals surface area contributed by atoms with Gasteiger partial charge in [0.15, 0.2) is 0 Å². The van der Waals surface area contributed by atoms with E-state index in [1.807, 2.05) is 0 Å². The number of carbonyl (C=O) groups excluding carboxylic acids is 1. The maximum atomic E-state index is 12.8. The van der Waals surface area contributed by atoms with Crippen molar-refractivity contribution in [1.29, 1.82) is 0 Å². The third-order valence-electron chi connectivity index (χ3n) is 5.97. The number of pyridine rings is 1. The van der Waals surface area contributed by atoms with E-state index in [0.717, 1.165) is 18.4 Å². The van der Waals surface area contributed by atoms with E-state index in [1.165, 1.54) is 25.3 Å². The van der Waals surface area contributed by atoms with Gasteiger partial charge in [-0.15, -0.1) is 0 Å². The molecule has 0 spiro atoms. The summed E-state index contributed by atoms with van der Waals surface area (Å²) in [4.78, 5) is 18.0. The summed E-state index contributed by atoms with van der Waals surface area (Å²) in [6.07, 6.45) is 1.02. The van der Waals surface area contributed by atoms with Crippen molar-refractivity contribution >= 4 is 11.7 Å². The predicted molar refractivity (Wildman–Crippen MR) is 86.9 cm³/mol. The van der Waals surface area contributed by atoms with Gasteiger partial charge in [-0.05, 0) is 49.7 Å². The molecule has 4 nitrogen and oxygen atoms in total. The molecule has 1 aromatic heterocycles. The van der Waals surface area contributed by atoms with Crippen LogP contribution in [-0.4, -0.2) is 30.0 Å². The highest BCUT2D eigenvalue weighted by molar-refractivity contribution is 5.80. The van der Waals surface area contributed by atoms with Crippen LogP contribution >= 0.6 is 0 Å². The fraction of sp³-hybridized carbons (Fsp3) is 0.667. The average Bonchev–Trinajstić information content (AvgIpc) is 3.30. The summed E-state index contributed by atoms with van der Waals surface area (Å²) in [6.45, 7) is 0.990. The highest BCUT2D eigenvalue weighted by atomic mass is 19.4. The number of nitrogens with zero attached hydrogens (tertiary/aromatic N) is 2. The van der Waals surface area contributed by atoms with Crippen LogP contribution in [0.4, 0.5) is 19.0 Å². The number of amides is 1. The number of alkyl halides is 3. The third-order valence-corrected chi connectivity index (χ3v) is 5.97. The minimum atomic E-state index is -4.45. The molecule has 2 aliphatic carbocycles. The highest BCUT2D eigenvalue weighted by Gasteiger charge is 2.41. The van der Waals surface area contributed by atoms with Gasteiger partial charge in [-0.3, -0.25) is 4.79 Å². The zero-order chi connectivity index (χ0) is 17.6. The van der Waals surface area contributed by atoms with Crippen LogP contribution in [0.25, 0.3) is 0 Å². The lowest BCUT2D eigenvalue weighted by Crippen LogP contribution is -2.42. The predicted octanol–water partition coefficient (Wildman–Crippen LogP) is 3.23. The molecule has 2 bridgehead atoms. The summed E-state index contributed by atoms with van der Waals surface area (Å²) in [5.74, 6) is 1.56. The van der Waals surface area contributed by atoms with E-state index in [2.05, 4.69) is 10.3 Å². The van der Waals surface area contributed by atoms with E-state index >= 15 is 0 Å². The molecule has 2 heterocycles. The fourth-order valence-corrected chi connectivity index (χ4v) is 4.66. The Morgan fingerprint density at radius 3 is 2.72 bits per heavy atom. The number of carbonyl (C=O) groups is 1. The molecule has 2 saturated carbocycles. The van der Waals surface area contributed by atoms with E-state index < -0.39 is 11.9 Å². The van der Waals surface area contributed by atoms with Gasteiger partial charge in [-0.2, -0.15) is 13.2 Å². The first-order chi connectivity index (χ1) is 11.9. The minimum Gasteiger partial charge on any atom is -0.356 e. The molecular weight excluding hydrogens is 331 g/mol. The SMILES string of the molecule is O=C(N[C@@H]1C[C@@H]2CC[C@H]1C2)[C@@H]1CCN(c2cccc(C(F)(F)F)n2)C1. The second-order valence-electron chi connectivity index (χ2n) is 7.60. The second kappa shape index (κ2) is 6.18. The second-order valence-corrected chi connectivity index (χ2v) is 7.60. The number of rotatable bonds is 3. The van der Waals surface area contributed by atoms with Crippen molar-refractivity contribution in [2.45, 2.75) is 44.3 Å². The maximum absolute atomic E-state index is 12.8. The first-order valence-corrected chi connectivity index (χ1v) is 9.00. The number of anilines is 1. The van der Waals surface area contributed by atoms with Crippen LogP contribution in [0.15, 0.2) is 18.2 Å². The maximum Gasteiger partial charge on any atom is 0.433 e. The number of aromatic nitrogens is 1. The summed E-state index contributed by atoms with van der Waals surface area (Å²) in [5.41, 5.74) is -0.889. The Balaban J connectivity index is 1.37. The summed E-state index contributed by atoms with van der Waals surface area (Å²) in [6, 6.07) is 4.21. The van der Waals surface area contributed by atoms with Crippen molar-refractivity contribution in [3.05, 3.63) is 23.9 Å². The first kappa shape index (κ1) is 16.7. The van der Waals surface area contributed by atoms with Gasteiger partial charge in [-0.1, -0.05) is 12.5 Å². The minimum absolute atomic E-state index is 0.0482. The van der Waals surface area contributed by atoms with Crippen molar-refractivity contribution in [1.82, 2.24) is 10.3 Å². The fourth-order valence-electron chi connectivity index (χ4n) is 4.66. The topological polar surface area (TPSA) is 45.2 Å². The van der Waals surface area contributed by atoms with Crippen molar-refractivity contribution in [2.75, 3.05) is 18.0 Å². The van der Waals surface area contributed by atoms with Gasteiger partial charge in [0.05, 0.1) is 5.92 Å². The third kappa shape index (κ3) is 3.33. The molecule has 1 N–H and O–H groups in total. The van der Waals surface area contributed by atoms with E-state index in [-0.39, 0.29) is 11.8 Å². The summed E-state index contributed by atoms with van der Waals surface area (Å²) >= 11 is 0. The molecule has 0 aromatic carbocycles. The molecule has 1 amide bonds. The normalized spacial score (nSPS) is 31.6. The summed E-state index contributed by atoms with van der Waals surface area (Å²) < 4.78 is 38.4. The van der Waals surface area contributed by atoms with E-state index in [4.69, 9.17) is 0 Å². The molecule has 4 rings (SSSR count). The van der Waals surface area contributed by atoms with Crippen molar-refractivity contribution < 1.29 is 18.0 Å². The Labute approximate surface area is 144 Å². The van der Waals surface area contributed by atoms with Gasteiger partial charge in [0.1, 0.15) is 11.5 Å². The molecule has 1 aromatic rings. The van der Waals surface area contributed by atoms with Gasteiger partial charge in [0.2, 0.25) is 5.91 Å². The van der Waals surface area contributed by atoms with Gasteiger partial charge in [0, 0.05) is 19.1 Å². The van der Waals surface area contributed by atoms with Crippen LogP contribution < -0.4 is 10.2 Å². The van der Waals surface area contributed by atoms with Gasteiger partial charge >= 0.3 is 6.18 Å². The molecule has 4 atom stereocenters. The number of fused-ring (bicyclic) bond motifs is 2. The van der Waals surface area contributed by atoms with Crippen LogP contribution in [-0.2, 0) is 11.0 Å². The van der Waals surface area contributed by atoms with Crippen molar-refractivity contribution in [2.24, 2.45) is 17.8 Å². The zero-order valence-corrected chi connectivity index (χ0v) is 13.9. The lowest BCUT2D eigenvalue weighted by molar-refractivity contribution is -0.141. The van der Waals surface area contributed by atoms with E-state index in [9.17, 15) is 18.0 Å². The Morgan fingerprint density at radius 2 is 2.04 bits per heavy atom. The average molecular weight is 353 g/mol. The molecule has 0 radical (unpaired) electrons. The number of hydrogen-bond acceptors (Lipinski definition) is 3. The molecule has 25 heavy (non-hydrogen) atoms. The lowest BCUT2D eigenvalue weighted by Gasteiger charge is -2.24. The smallest absolute Gasteiger partial charge is 0.356 e. The van der Waals surface area contributed by atoms with Gasteiger partial charge < -0.3 is 10.2 Å². The molecule has 136 valence electrons. The lowest BCUT2D eigenvalue weighted by atomic mass is 9.94. The standard InChI is InChI=1S/C18H22F3N3O/c19-18(20,21)15-2-1-3-16(23-15)24-7-6-13(10-24)17(25)22-14-9-11-4-5-12(14)8-11/h1-3,11-14H,4-10H2,(H,22,25)/t11-,12+,13-,14-/m1/s1. The molecule has 1 saturated heterocycles. The molecule has 1 aliphatic heterocycles. The van der Waals surface area contributed by atoms with Gasteiger partial charge in [0.25, 0.3) is 0 Å². The van der Waals surface area contributed by atoms with Gasteiger partial charge in [-0.25, -0.2) is 4.98 Å². The number of halogens is 3. The first-order valence-electron chi connectivity index (χ1n) is 9.00. The van der Waals surface area contributed by atoms with Crippen molar-refractivity contribution in [3.63, 3.8) is 0 Å². The highest BCUT2D eigenvalue weighted by Crippen LogP contribution is 2.44. The molecule has 0 unspecified atom stereocenters. The Morgan fingerprint density at radius 1 is 1.20 bits per heavy atom. The Kier molecular flexibility index (Phi) is 4.12. The van der Waals surface area contributed by atoms with Crippen molar-refractivity contribution in [3.8, 4) is 0 Å². The molecule has 3 fully saturated rings. The molecule has 3 aliphatic rings. The van der Waals surface area contributed by atoms with Crippen LogP contribution in [0.2, 0.25) is 0 Å². The largest absolute Gasteiger partial charge is 0.433 e. The van der Waals surface area contributed by atoms with Crippen LogP contribution in [0.3, 0.4) is 0 Å². The van der Waals surface area contributed by atoms with Crippen LogP contribution in [0, 0.1) is 17.8 Å². The quantitative estimate of drug-likeness (QED) is 0.907. The molecular formula is C18H22F3N3O. The van der Waals surface area contributed by atoms with E-state index in [1.54, 1.807) is 11.0 Å². The zero-order valence-electron chi connectivity index (χ0n) is 13.9. The Bertz CT molecular complexity index is 663. The number of hydrogen-bond donors (Lipinski definition) is 1. The Hall–Kier alpha value is -1.79. The van der Waals surface area contributed by atoms with E-state index in [0.29, 0.717) is 37.3 Å².